The number of aliphatic hydroxyl groups excluding tert-OH is 1. The fourth-order valence-electron chi connectivity index (χ4n) is 3.72. The van der Waals surface area contributed by atoms with Crippen molar-refractivity contribution < 1.29 is 24.2 Å². The van der Waals surface area contributed by atoms with E-state index in [0.717, 1.165) is 0 Å². The van der Waals surface area contributed by atoms with E-state index in [-0.39, 0.29) is 17.6 Å². The van der Waals surface area contributed by atoms with Gasteiger partial charge >= 0.3 is 11.7 Å². The first-order chi connectivity index (χ1) is 16.1. The molecule has 1 aliphatic heterocycles. The van der Waals surface area contributed by atoms with E-state index >= 15 is 0 Å². The molecule has 1 fully saturated rings. The van der Waals surface area contributed by atoms with Crippen LogP contribution in [0.5, 0.6) is 0 Å². The molecule has 0 radical (unpaired) electrons. The number of nitrogens with one attached hydrogen (secondary N) is 2. The van der Waals surface area contributed by atoms with E-state index < -0.39 is 42.3 Å². The van der Waals surface area contributed by atoms with E-state index in [1.54, 1.807) is 46.7 Å². The summed E-state index contributed by atoms with van der Waals surface area (Å²) >= 11 is 0. The molecule has 34 heavy (non-hydrogen) atoms. The molecular formula is C22H27N3O7S2. The van der Waals surface area contributed by atoms with Crippen molar-refractivity contribution in [2.24, 2.45) is 0 Å². The fraction of sp³-hybridized carbons (Fsp3) is 0.455. The molecule has 0 bridgehead atoms. The number of aliphatic hydroxyl groups is 1. The first-order valence-corrected chi connectivity index (χ1v) is 13.2. The number of nitrogens with zero attached hydrogens (tertiary/aromatic N) is 1. The number of carbonyl (C=O) groups is 2. The summed E-state index contributed by atoms with van der Waals surface area (Å²) in [6, 6.07) is 4.96. The van der Waals surface area contributed by atoms with Crippen LogP contribution < -0.4 is 16.6 Å². The molecule has 1 aliphatic rings. The topological polar surface area (TPSA) is 140 Å². The number of benzene rings is 1. The van der Waals surface area contributed by atoms with Gasteiger partial charge in [0.1, 0.15) is 18.4 Å². The van der Waals surface area contributed by atoms with Crippen molar-refractivity contribution in [3.63, 3.8) is 0 Å². The standard InChI is InChI=1S/C22H27N3O7S2/c1-11-9-25(22(30)24-20(11)28)19-8-17(18(10-26)31-19)32-21(29)15-6-5-14(23-13(3)27)7-16(15)12(2)34-33-4/h5-7,9,12,17-19,26H,8,10H2,1-4H3,(H,23,27)(H,24,28,30)/t12?,17?,18-,19-/m1/s1. The highest BCUT2D eigenvalue weighted by Crippen LogP contribution is 2.39. The number of esters is 1. The Morgan fingerprint density at radius 3 is 2.76 bits per heavy atom. The maximum absolute atomic E-state index is 13.2. The molecule has 3 rings (SSSR count). The summed E-state index contributed by atoms with van der Waals surface area (Å²) in [6.45, 7) is 4.49. The Balaban J connectivity index is 1.85. The van der Waals surface area contributed by atoms with Crippen LogP contribution in [0.2, 0.25) is 0 Å². The number of rotatable bonds is 8. The first kappa shape index (κ1) is 26.1. The van der Waals surface area contributed by atoms with Crippen molar-refractivity contribution >= 4 is 39.2 Å². The van der Waals surface area contributed by atoms with Gasteiger partial charge in [-0.1, -0.05) is 21.6 Å². The highest BCUT2D eigenvalue weighted by atomic mass is 33.1. The number of aromatic nitrogens is 2. The van der Waals surface area contributed by atoms with E-state index in [1.807, 2.05) is 13.2 Å². The number of hydrogen-bond donors (Lipinski definition) is 3. The SMILES string of the molecule is CSSC(C)c1cc(NC(C)=O)ccc1C(=O)OC1C[C@H](n2cc(C)c(=O)[nH]c2=O)O[C@@H]1CO. The van der Waals surface area contributed by atoms with Crippen LogP contribution in [0.15, 0.2) is 34.0 Å². The Labute approximate surface area is 203 Å². The van der Waals surface area contributed by atoms with Gasteiger partial charge in [0.15, 0.2) is 0 Å². The number of hydrogen-bond acceptors (Lipinski definition) is 9. The summed E-state index contributed by atoms with van der Waals surface area (Å²) in [4.78, 5) is 50.7. The number of ether oxygens (including phenoxy) is 2. The van der Waals surface area contributed by atoms with Gasteiger partial charge in [-0.15, -0.1) is 0 Å². The Hall–Kier alpha value is -2.54. The molecule has 10 nitrogen and oxygen atoms in total. The zero-order valence-electron chi connectivity index (χ0n) is 19.2. The lowest BCUT2D eigenvalue weighted by atomic mass is 10.0. The third-order valence-electron chi connectivity index (χ3n) is 5.35. The van der Waals surface area contributed by atoms with Crippen molar-refractivity contribution in [2.45, 2.75) is 50.9 Å². The average Bonchev–Trinajstić information content (AvgIpc) is 3.18. The number of carbonyl (C=O) groups excluding carboxylic acids is 2. The molecule has 2 unspecified atom stereocenters. The Kier molecular flexibility index (Phi) is 8.63. The lowest BCUT2D eigenvalue weighted by Crippen LogP contribution is -2.33. The quantitative estimate of drug-likeness (QED) is 0.361. The molecule has 1 aromatic heterocycles. The monoisotopic (exact) mass is 509 g/mol. The molecular weight excluding hydrogens is 482 g/mol. The van der Waals surface area contributed by atoms with E-state index in [1.165, 1.54) is 17.7 Å². The molecule has 184 valence electrons. The van der Waals surface area contributed by atoms with Gasteiger partial charge in [-0.25, -0.2) is 9.59 Å². The number of aromatic amines is 1. The van der Waals surface area contributed by atoms with Crippen molar-refractivity contribution in [2.75, 3.05) is 18.2 Å². The molecule has 4 atom stereocenters. The maximum atomic E-state index is 13.2. The molecule has 2 aromatic rings. The highest BCUT2D eigenvalue weighted by molar-refractivity contribution is 8.76. The largest absolute Gasteiger partial charge is 0.456 e. The lowest BCUT2D eigenvalue weighted by molar-refractivity contribution is -0.114. The van der Waals surface area contributed by atoms with Crippen LogP contribution in [0.3, 0.4) is 0 Å². The van der Waals surface area contributed by atoms with Crippen molar-refractivity contribution in [1.82, 2.24) is 9.55 Å². The average molecular weight is 510 g/mol. The minimum Gasteiger partial charge on any atom is -0.456 e. The lowest BCUT2D eigenvalue weighted by Gasteiger charge is -2.20. The van der Waals surface area contributed by atoms with Crippen LogP contribution in [-0.4, -0.2) is 51.6 Å². The van der Waals surface area contributed by atoms with Gasteiger partial charge in [0.05, 0.1) is 12.2 Å². The van der Waals surface area contributed by atoms with Crippen molar-refractivity contribution in [3.05, 3.63) is 61.9 Å². The molecule has 1 aromatic carbocycles. The Morgan fingerprint density at radius 1 is 1.38 bits per heavy atom. The maximum Gasteiger partial charge on any atom is 0.338 e. The van der Waals surface area contributed by atoms with Gasteiger partial charge in [0.25, 0.3) is 5.56 Å². The van der Waals surface area contributed by atoms with Gasteiger partial charge in [0.2, 0.25) is 5.91 Å². The molecule has 1 saturated heterocycles. The van der Waals surface area contributed by atoms with Crippen LogP contribution in [0, 0.1) is 6.92 Å². The van der Waals surface area contributed by atoms with Gasteiger partial charge in [-0.3, -0.25) is 19.1 Å². The molecule has 2 heterocycles. The predicted molar refractivity (Wildman–Crippen MR) is 131 cm³/mol. The number of H-pyrrole nitrogens is 1. The minimum atomic E-state index is -0.840. The third kappa shape index (κ3) is 5.93. The summed E-state index contributed by atoms with van der Waals surface area (Å²) in [5, 5.41) is 12.4. The van der Waals surface area contributed by atoms with Crippen LogP contribution in [0.4, 0.5) is 5.69 Å². The molecule has 0 aliphatic carbocycles. The minimum absolute atomic E-state index is 0.0739. The normalized spacial score (nSPS) is 20.7. The molecule has 12 heteroatoms. The van der Waals surface area contributed by atoms with E-state index in [4.69, 9.17) is 9.47 Å². The van der Waals surface area contributed by atoms with Crippen LogP contribution >= 0.6 is 21.6 Å². The van der Waals surface area contributed by atoms with Gasteiger partial charge in [-0.05, 0) is 43.9 Å². The van der Waals surface area contributed by atoms with Crippen LogP contribution in [0.1, 0.15) is 53.2 Å². The van der Waals surface area contributed by atoms with Gasteiger partial charge in [-0.2, -0.15) is 0 Å². The fourth-order valence-corrected chi connectivity index (χ4v) is 5.49. The van der Waals surface area contributed by atoms with Crippen molar-refractivity contribution in [3.8, 4) is 0 Å². The highest BCUT2D eigenvalue weighted by Gasteiger charge is 2.39. The second kappa shape index (κ2) is 11.3. The number of amides is 1. The summed E-state index contributed by atoms with van der Waals surface area (Å²) in [5.41, 5.74) is 0.780. The summed E-state index contributed by atoms with van der Waals surface area (Å²) in [6.07, 6.45) is 0.965. The Bertz CT molecular complexity index is 1180. The van der Waals surface area contributed by atoms with E-state index in [9.17, 15) is 24.3 Å². The van der Waals surface area contributed by atoms with Gasteiger partial charge < -0.3 is 19.9 Å². The van der Waals surface area contributed by atoms with Gasteiger partial charge in [0, 0.05) is 36.0 Å². The second-order valence-corrected chi connectivity index (χ2v) is 10.7. The number of aryl methyl sites for hydroxylation is 1. The second-order valence-electron chi connectivity index (χ2n) is 7.86. The summed E-state index contributed by atoms with van der Waals surface area (Å²) in [5.74, 6) is -0.824. The zero-order valence-corrected chi connectivity index (χ0v) is 20.8. The number of anilines is 1. The van der Waals surface area contributed by atoms with Crippen LogP contribution in [0.25, 0.3) is 0 Å². The third-order valence-corrected chi connectivity index (χ3v) is 7.52. The Morgan fingerprint density at radius 2 is 2.12 bits per heavy atom. The molecule has 0 saturated carbocycles. The van der Waals surface area contributed by atoms with E-state index in [2.05, 4.69) is 10.3 Å². The first-order valence-electron chi connectivity index (χ1n) is 10.5. The summed E-state index contributed by atoms with van der Waals surface area (Å²) in [7, 11) is 3.11. The van der Waals surface area contributed by atoms with Crippen molar-refractivity contribution in [1.29, 1.82) is 0 Å². The molecule has 3 N–H and O–H groups in total. The van der Waals surface area contributed by atoms with Crippen LogP contribution in [-0.2, 0) is 14.3 Å². The molecule has 0 spiro atoms. The zero-order chi connectivity index (χ0) is 25.0. The van der Waals surface area contributed by atoms with E-state index in [0.29, 0.717) is 22.4 Å². The summed E-state index contributed by atoms with van der Waals surface area (Å²) < 4.78 is 12.7. The molecule has 1 amide bonds. The predicted octanol–water partition coefficient (Wildman–Crippen LogP) is 2.38. The smallest absolute Gasteiger partial charge is 0.338 e.